The van der Waals surface area contributed by atoms with Crippen LogP contribution in [0.5, 0.6) is 5.75 Å². The van der Waals surface area contributed by atoms with E-state index in [1.807, 2.05) is 0 Å². The maximum Gasteiger partial charge on any atom is 0.271 e. The molecule has 1 unspecified atom stereocenters. The molecule has 0 spiro atoms. The van der Waals surface area contributed by atoms with Gasteiger partial charge in [-0.05, 0) is 72.4 Å². The summed E-state index contributed by atoms with van der Waals surface area (Å²) in [6.07, 6.45) is 4.39. The highest BCUT2D eigenvalue weighted by molar-refractivity contribution is 14.1. The van der Waals surface area contributed by atoms with Crippen LogP contribution in [0.4, 0.5) is 0 Å². The maximum absolute atomic E-state index is 12.1. The number of ether oxygens (including phenoxy) is 1. The van der Waals surface area contributed by atoms with Crippen LogP contribution in [0, 0.1) is 9.49 Å². The third-order valence-corrected chi connectivity index (χ3v) is 4.32. The molecule has 0 aromatic heterocycles. The van der Waals surface area contributed by atoms with Crippen molar-refractivity contribution < 1.29 is 9.53 Å². The summed E-state index contributed by atoms with van der Waals surface area (Å²) in [5.41, 5.74) is 4.36. The molecule has 20 heavy (non-hydrogen) atoms. The molecule has 1 aliphatic carbocycles. The predicted octanol–water partition coefficient (Wildman–Crippen LogP) is 3.60. The van der Waals surface area contributed by atoms with E-state index < -0.39 is 0 Å². The van der Waals surface area contributed by atoms with Gasteiger partial charge in [-0.1, -0.05) is 6.92 Å². The Labute approximate surface area is 133 Å². The van der Waals surface area contributed by atoms with Gasteiger partial charge in [0.1, 0.15) is 5.75 Å². The number of benzene rings is 1. The molecule has 108 valence electrons. The molecule has 1 aromatic rings. The number of rotatable bonds is 3. The van der Waals surface area contributed by atoms with E-state index in [4.69, 9.17) is 4.74 Å². The Hall–Kier alpha value is -1.11. The number of hydrazone groups is 1. The molecule has 0 heterocycles. The number of carbonyl (C=O) groups excluding carboxylic acids is 1. The van der Waals surface area contributed by atoms with Crippen LogP contribution in [-0.4, -0.2) is 18.7 Å². The highest BCUT2D eigenvalue weighted by Gasteiger charge is 2.14. The van der Waals surface area contributed by atoms with Crippen LogP contribution in [0.1, 0.15) is 43.0 Å². The largest absolute Gasteiger partial charge is 0.496 e. The number of hydrogen-bond donors (Lipinski definition) is 1. The summed E-state index contributed by atoms with van der Waals surface area (Å²) in [6.45, 7) is 2.22. The first kappa shape index (κ1) is 15.3. The Morgan fingerprint density at radius 2 is 2.30 bits per heavy atom. The first-order valence-corrected chi connectivity index (χ1v) is 7.87. The standard InChI is InChI=1S/C15H19IN2O2/c1-10-4-3-5-12(8-10)17-18-15(19)11-6-7-14(20-2)13(16)9-11/h6-7,9-10H,3-5,8H2,1-2H3,(H,18,19)/b17-12-. The lowest BCUT2D eigenvalue weighted by Gasteiger charge is -2.18. The monoisotopic (exact) mass is 386 g/mol. The minimum Gasteiger partial charge on any atom is -0.496 e. The summed E-state index contributed by atoms with van der Waals surface area (Å²) in [7, 11) is 1.62. The van der Waals surface area contributed by atoms with Gasteiger partial charge in [-0.2, -0.15) is 5.10 Å². The highest BCUT2D eigenvalue weighted by atomic mass is 127. The first-order chi connectivity index (χ1) is 9.60. The average Bonchev–Trinajstić information content (AvgIpc) is 2.44. The third kappa shape index (κ3) is 3.94. The minimum absolute atomic E-state index is 0.170. The number of halogens is 1. The average molecular weight is 386 g/mol. The molecular weight excluding hydrogens is 367 g/mol. The smallest absolute Gasteiger partial charge is 0.271 e. The number of methoxy groups -OCH3 is 1. The Morgan fingerprint density at radius 3 is 2.95 bits per heavy atom. The third-order valence-electron chi connectivity index (χ3n) is 3.48. The van der Waals surface area contributed by atoms with Crippen molar-refractivity contribution in [1.82, 2.24) is 5.43 Å². The summed E-state index contributed by atoms with van der Waals surface area (Å²) in [5, 5.41) is 4.27. The van der Waals surface area contributed by atoms with E-state index in [1.165, 1.54) is 6.42 Å². The van der Waals surface area contributed by atoms with Gasteiger partial charge < -0.3 is 4.74 Å². The fourth-order valence-corrected chi connectivity index (χ4v) is 3.10. The van der Waals surface area contributed by atoms with E-state index in [-0.39, 0.29) is 5.91 Å². The van der Waals surface area contributed by atoms with Crippen molar-refractivity contribution >= 4 is 34.2 Å². The molecule has 2 rings (SSSR count). The second kappa shape index (κ2) is 7.06. The van der Waals surface area contributed by atoms with Crippen LogP contribution < -0.4 is 10.2 Å². The molecule has 0 radical (unpaired) electrons. The molecule has 0 saturated heterocycles. The fourth-order valence-electron chi connectivity index (χ4n) is 2.36. The van der Waals surface area contributed by atoms with Crippen LogP contribution in [0.15, 0.2) is 23.3 Å². The lowest BCUT2D eigenvalue weighted by molar-refractivity contribution is 0.0954. The molecule has 1 N–H and O–H groups in total. The van der Waals surface area contributed by atoms with Gasteiger partial charge in [-0.15, -0.1) is 0 Å². The molecule has 0 bridgehead atoms. The van der Waals surface area contributed by atoms with E-state index in [9.17, 15) is 4.79 Å². The topological polar surface area (TPSA) is 50.7 Å². The van der Waals surface area contributed by atoms with Gasteiger partial charge in [0, 0.05) is 11.3 Å². The van der Waals surface area contributed by atoms with Crippen molar-refractivity contribution in [2.45, 2.75) is 32.6 Å². The van der Waals surface area contributed by atoms with Gasteiger partial charge in [0.25, 0.3) is 5.91 Å². The van der Waals surface area contributed by atoms with Crippen molar-refractivity contribution in [3.8, 4) is 5.75 Å². The van der Waals surface area contributed by atoms with Gasteiger partial charge in [-0.3, -0.25) is 4.79 Å². The molecule has 1 aliphatic rings. The van der Waals surface area contributed by atoms with Crippen molar-refractivity contribution in [2.75, 3.05) is 7.11 Å². The normalized spacial score (nSPS) is 20.8. The second-order valence-electron chi connectivity index (χ2n) is 5.17. The lowest BCUT2D eigenvalue weighted by Crippen LogP contribution is -2.22. The Bertz CT molecular complexity index is 529. The zero-order valence-electron chi connectivity index (χ0n) is 11.8. The molecule has 1 fully saturated rings. The Kier molecular flexibility index (Phi) is 5.39. The SMILES string of the molecule is COc1ccc(C(=O)N/N=C2/CCCC(C)C2)cc1I. The second-order valence-corrected chi connectivity index (χ2v) is 6.33. The Balaban J connectivity index is 2.01. The minimum atomic E-state index is -0.170. The molecular formula is C15H19IN2O2. The van der Waals surface area contributed by atoms with Gasteiger partial charge >= 0.3 is 0 Å². The molecule has 1 amide bonds. The zero-order valence-corrected chi connectivity index (χ0v) is 13.9. The first-order valence-electron chi connectivity index (χ1n) is 6.79. The van der Waals surface area contributed by atoms with E-state index in [0.717, 1.165) is 34.3 Å². The van der Waals surface area contributed by atoms with E-state index >= 15 is 0 Å². The molecule has 1 atom stereocenters. The zero-order chi connectivity index (χ0) is 14.5. The summed E-state index contributed by atoms with van der Waals surface area (Å²) in [5.74, 6) is 1.27. The van der Waals surface area contributed by atoms with Crippen LogP contribution in [-0.2, 0) is 0 Å². The molecule has 1 saturated carbocycles. The number of hydrogen-bond acceptors (Lipinski definition) is 3. The van der Waals surface area contributed by atoms with E-state index in [2.05, 4.69) is 40.0 Å². The Morgan fingerprint density at radius 1 is 1.50 bits per heavy atom. The van der Waals surface area contributed by atoms with Gasteiger partial charge in [-0.25, -0.2) is 5.43 Å². The van der Waals surface area contributed by atoms with Gasteiger partial charge in [0.2, 0.25) is 0 Å². The molecule has 5 heteroatoms. The number of amides is 1. The number of nitrogens with zero attached hydrogens (tertiary/aromatic N) is 1. The summed E-state index contributed by atoms with van der Waals surface area (Å²) >= 11 is 2.15. The molecule has 1 aromatic carbocycles. The van der Waals surface area contributed by atoms with Crippen LogP contribution >= 0.6 is 22.6 Å². The summed E-state index contributed by atoms with van der Waals surface area (Å²) in [6, 6.07) is 5.35. The lowest BCUT2D eigenvalue weighted by atomic mass is 9.89. The predicted molar refractivity (Wildman–Crippen MR) is 88.2 cm³/mol. The van der Waals surface area contributed by atoms with Crippen LogP contribution in [0.3, 0.4) is 0 Å². The fraction of sp³-hybridized carbons (Fsp3) is 0.467. The van der Waals surface area contributed by atoms with E-state index in [0.29, 0.717) is 11.5 Å². The maximum atomic E-state index is 12.1. The van der Waals surface area contributed by atoms with Gasteiger partial charge in [0.15, 0.2) is 0 Å². The van der Waals surface area contributed by atoms with Crippen molar-refractivity contribution in [3.63, 3.8) is 0 Å². The number of carbonyl (C=O) groups is 1. The van der Waals surface area contributed by atoms with Crippen molar-refractivity contribution in [1.29, 1.82) is 0 Å². The summed E-state index contributed by atoms with van der Waals surface area (Å²) in [4.78, 5) is 12.1. The van der Waals surface area contributed by atoms with Crippen LogP contribution in [0.2, 0.25) is 0 Å². The molecule has 4 nitrogen and oxygen atoms in total. The quantitative estimate of drug-likeness (QED) is 0.638. The summed E-state index contributed by atoms with van der Waals surface area (Å²) < 4.78 is 6.09. The van der Waals surface area contributed by atoms with Crippen molar-refractivity contribution in [3.05, 3.63) is 27.3 Å². The van der Waals surface area contributed by atoms with Crippen LogP contribution in [0.25, 0.3) is 0 Å². The number of nitrogens with one attached hydrogen (secondary N) is 1. The molecule has 0 aliphatic heterocycles. The van der Waals surface area contributed by atoms with Crippen molar-refractivity contribution in [2.24, 2.45) is 11.0 Å². The highest BCUT2D eigenvalue weighted by Crippen LogP contribution is 2.22. The van der Waals surface area contributed by atoms with E-state index in [1.54, 1.807) is 25.3 Å². The van der Waals surface area contributed by atoms with Gasteiger partial charge in [0.05, 0.1) is 10.7 Å².